The van der Waals surface area contributed by atoms with Crippen molar-refractivity contribution in [3.05, 3.63) is 102 Å². The van der Waals surface area contributed by atoms with Crippen LogP contribution in [0.5, 0.6) is 0 Å². The Morgan fingerprint density at radius 2 is 1.16 bits per heavy atom. The molecular weight excluding hydrogens is 386 g/mol. The van der Waals surface area contributed by atoms with Crippen molar-refractivity contribution in [3.8, 4) is 16.8 Å². The molecule has 0 radical (unpaired) electrons. The molecule has 5 aromatic rings. The zero-order valence-electron chi connectivity index (χ0n) is 18.9. The van der Waals surface area contributed by atoms with E-state index in [2.05, 4.69) is 109 Å². The minimum atomic E-state index is 0.0680. The van der Waals surface area contributed by atoms with Gasteiger partial charge < -0.3 is 4.57 Å². The van der Waals surface area contributed by atoms with Gasteiger partial charge in [0.1, 0.15) is 0 Å². The van der Waals surface area contributed by atoms with Crippen LogP contribution in [0.2, 0.25) is 0 Å². The molecule has 0 spiro atoms. The molecule has 0 amide bonds. The van der Waals surface area contributed by atoms with Crippen LogP contribution in [0.4, 0.5) is 0 Å². The average molecular weight is 416 g/mol. The second-order valence-corrected chi connectivity index (χ2v) is 9.20. The maximum absolute atomic E-state index is 2.52. The van der Waals surface area contributed by atoms with Crippen LogP contribution < -0.4 is 0 Å². The molecule has 1 heteroatoms. The van der Waals surface area contributed by atoms with Crippen LogP contribution >= 0.6 is 0 Å². The van der Waals surface area contributed by atoms with E-state index in [-0.39, 0.29) is 5.41 Å². The van der Waals surface area contributed by atoms with E-state index in [1.807, 2.05) is 0 Å². The van der Waals surface area contributed by atoms with Gasteiger partial charge in [0.05, 0.1) is 16.7 Å². The number of hydrogen-bond donors (Lipinski definition) is 0. The van der Waals surface area contributed by atoms with Gasteiger partial charge in [0.2, 0.25) is 0 Å². The van der Waals surface area contributed by atoms with Gasteiger partial charge in [-0.15, -0.1) is 0 Å². The third kappa shape index (κ3) is 2.51. The van der Waals surface area contributed by atoms with Gasteiger partial charge in [-0.25, -0.2) is 0 Å². The van der Waals surface area contributed by atoms with E-state index in [9.17, 15) is 0 Å². The quantitative estimate of drug-likeness (QED) is 0.271. The molecule has 0 N–H and O–H groups in total. The fourth-order valence-corrected chi connectivity index (χ4v) is 6.40. The summed E-state index contributed by atoms with van der Waals surface area (Å²) < 4.78 is 2.52. The van der Waals surface area contributed by atoms with E-state index in [1.165, 1.54) is 75.4 Å². The zero-order valence-corrected chi connectivity index (χ0v) is 18.9. The standard InChI is InChI=1S/C31H29N/c1-3-20-31(21-4-2)26-16-8-5-12-22(26)25-15-11-19-29(30(25)31)32-27-17-9-6-13-23(27)24-14-7-10-18-28(24)32/h5-19H,3-4,20-21H2,1-2H3. The van der Waals surface area contributed by atoms with Gasteiger partial charge in [0.25, 0.3) is 0 Å². The lowest BCUT2D eigenvalue weighted by molar-refractivity contribution is 0.435. The summed E-state index contributed by atoms with van der Waals surface area (Å²) >= 11 is 0. The van der Waals surface area contributed by atoms with Crippen molar-refractivity contribution >= 4 is 21.8 Å². The fourth-order valence-electron chi connectivity index (χ4n) is 6.40. The summed E-state index contributed by atoms with van der Waals surface area (Å²) in [5, 5.41) is 2.65. The van der Waals surface area contributed by atoms with E-state index in [4.69, 9.17) is 0 Å². The second kappa shape index (κ2) is 7.38. The molecule has 158 valence electrons. The van der Waals surface area contributed by atoms with E-state index in [1.54, 1.807) is 0 Å². The van der Waals surface area contributed by atoms with E-state index in [0.717, 1.165) is 0 Å². The minimum absolute atomic E-state index is 0.0680. The number of para-hydroxylation sites is 2. The Hall–Kier alpha value is -3.32. The van der Waals surface area contributed by atoms with Crippen LogP contribution in [-0.4, -0.2) is 4.57 Å². The summed E-state index contributed by atoms with van der Waals surface area (Å²) in [6.45, 7) is 4.67. The third-order valence-corrected chi connectivity index (χ3v) is 7.43. The molecular formula is C31H29N. The topological polar surface area (TPSA) is 4.93 Å². The van der Waals surface area contributed by atoms with Crippen molar-refractivity contribution in [3.63, 3.8) is 0 Å². The molecule has 0 atom stereocenters. The van der Waals surface area contributed by atoms with Crippen LogP contribution in [0.25, 0.3) is 38.6 Å². The summed E-state index contributed by atoms with van der Waals surface area (Å²) in [7, 11) is 0. The van der Waals surface area contributed by atoms with E-state index in [0.29, 0.717) is 0 Å². The summed E-state index contributed by atoms with van der Waals surface area (Å²) in [6.07, 6.45) is 4.71. The monoisotopic (exact) mass is 415 g/mol. The Morgan fingerprint density at radius 3 is 1.81 bits per heavy atom. The molecule has 1 heterocycles. The highest BCUT2D eigenvalue weighted by Gasteiger charge is 2.43. The van der Waals surface area contributed by atoms with E-state index < -0.39 is 0 Å². The maximum atomic E-state index is 2.52. The highest BCUT2D eigenvalue weighted by atomic mass is 15.0. The second-order valence-electron chi connectivity index (χ2n) is 9.20. The number of benzene rings is 4. The maximum Gasteiger partial charge on any atom is 0.0541 e. The Morgan fingerprint density at radius 1 is 0.594 bits per heavy atom. The van der Waals surface area contributed by atoms with E-state index >= 15 is 0 Å². The fraction of sp³-hybridized carbons (Fsp3) is 0.226. The van der Waals surface area contributed by atoms with Crippen molar-refractivity contribution in [2.75, 3.05) is 0 Å². The van der Waals surface area contributed by atoms with Gasteiger partial charge in [-0.2, -0.15) is 0 Å². The van der Waals surface area contributed by atoms with Crippen molar-refractivity contribution in [2.24, 2.45) is 0 Å². The van der Waals surface area contributed by atoms with Gasteiger partial charge >= 0.3 is 0 Å². The number of rotatable bonds is 5. The molecule has 0 aliphatic heterocycles. The summed E-state index contributed by atoms with van der Waals surface area (Å²) in [5.74, 6) is 0. The summed E-state index contributed by atoms with van der Waals surface area (Å²) in [5.41, 5.74) is 9.88. The van der Waals surface area contributed by atoms with Gasteiger partial charge in [-0.05, 0) is 53.3 Å². The highest BCUT2D eigenvalue weighted by Crippen LogP contribution is 2.56. The lowest BCUT2D eigenvalue weighted by atomic mass is 9.71. The predicted molar refractivity (Wildman–Crippen MR) is 137 cm³/mol. The lowest BCUT2D eigenvalue weighted by Gasteiger charge is -2.34. The summed E-state index contributed by atoms with van der Waals surface area (Å²) in [6, 6.07) is 33.8. The van der Waals surface area contributed by atoms with Crippen molar-refractivity contribution in [1.29, 1.82) is 0 Å². The SMILES string of the molecule is CCCC1(CCC)c2ccccc2-c2cccc(-n3c4ccccc4c4ccccc43)c21. The Kier molecular flexibility index (Phi) is 4.47. The minimum Gasteiger partial charge on any atom is -0.309 e. The Balaban J connectivity index is 1.77. The molecule has 32 heavy (non-hydrogen) atoms. The van der Waals surface area contributed by atoms with Gasteiger partial charge in [0.15, 0.2) is 0 Å². The number of nitrogens with zero attached hydrogens (tertiary/aromatic N) is 1. The molecule has 0 unspecified atom stereocenters. The van der Waals surface area contributed by atoms with Gasteiger partial charge in [0, 0.05) is 16.2 Å². The zero-order chi connectivity index (χ0) is 21.7. The molecule has 1 nitrogen and oxygen atoms in total. The van der Waals surface area contributed by atoms with Crippen molar-refractivity contribution in [1.82, 2.24) is 4.57 Å². The van der Waals surface area contributed by atoms with Crippen LogP contribution in [0.1, 0.15) is 50.7 Å². The molecule has 0 bridgehead atoms. The number of hydrogen-bond acceptors (Lipinski definition) is 0. The smallest absolute Gasteiger partial charge is 0.0541 e. The first-order valence-electron chi connectivity index (χ1n) is 12.0. The first-order chi connectivity index (χ1) is 15.8. The van der Waals surface area contributed by atoms with Crippen molar-refractivity contribution in [2.45, 2.75) is 44.9 Å². The first-order valence-corrected chi connectivity index (χ1v) is 12.0. The Bertz CT molecular complexity index is 1390. The molecule has 0 saturated heterocycles. The molecule has 0 saturated carbocycles. The Labute approximate surface area is 190 Å². The number of aromatic nitrogens is 1. The van der Waals surface area contributed by atoms with Crippen LogP contribution in [0.3, 0.4) is 0 Å². The molecule has 1 aromatic heterocycles. The summed E-state index contributed by atoms with van der Waals surface area (Å²) in [4.78, 5) is 0. The normalized spacial score (nSPS) is 14.1. The van der Waals surface area contributed by atoms with Crippen LogP contribution in [0.15, 0.2) is 91.0 Å². The average Bonchev–Trinajstić information content (AvgIpc) is 3.31. The molecule has 6 rings (SSSR count). The molecule has 0 fully saturated rings. The molecule has 1 aliphatic rings. The highest BCUT2D eigenvalue weighted by molar-refractivity contribution is 6.09. The lowest BCUT2D eigenvalue weighted by Crippen LogP contribution is -2.26. The first kappa shape index (κ1) is 19.4. The van der Waals surface area contributed by atoms with Gasteiger partial charge in [-0.1, -0.05) is 99.5 Å². The van der Waals surface area contributed by atoms with Crippen LogP contribution in [-0.2, 0) is 5.41 Å². The molecule has 4 aromatic carbocycles. The predicted octanol–water partition coefficient (Wildman–Crippen LogP) is 8.65. The van der Waals surface area contributed by atoms with Crippen LogP contribution in [0, 0.1) is 0 Å². The van der Waals surface area contributed by atoms with Gasteiger partial charge in [-0.3, -0.25) is 0 Å². The largest absolute Gasteiger partial charge is 0.309 e. The number of fused-ring (bicyclic) bond motifs is 6. The van der Waals surface area contributed by atoms with Crippen molar-refractivity contribution < 1.29 is 0 Å². The third-order valence-electron chi connectivity index (χ3n) is 7.43. The molecule has 1 aliphatic carbocycles.